The van der Waals surface area contributed by atoms with Gasteiger partial charge in [0.15, 0.2) is 5.82 Å². The highest BCUT2D eigenvalue weighted by atomic mass is 19.1. The van der Waals surface area contributed by atoms with Crippen LogP contribution in [-0.2, 0) is 0 Å². The van der Waals surface area contributed by atoms with Gasteiger partial charge in [0, 0.05) is 11.9 Å². The molecule has 3 N–H and O–H groups in total. The van der Waals surface area contributed by atoms with E-state index < -0.39 is 18.0 Å². The van der Waals surface area contributed by atoms with Crippen LogP contribution in [0.2, 0.25) is 0 Å². The SMILES string of the molecule is N#CC1CC(F)CCC1n1cc(C(N)=O)c(Nc2ccccc2)n1. The topological polar surface area (TPSA) is 96.7 Å². The Hall–Kier alpha value is -2.88. The fourth-order valence-electron chi connectivity index (χ4n) is 3.05. The molecular formula is C17H18FN5O. The van der Waals surface area contributed by atoms with Crippen molar-refractivity contribution in [1.29, 1.82) is 5.26 Å². The molecule has 3 atom stereocenters. The van der Waals surface area contributed by atoms with Crippen molar-refractivity contribution in [2.75, 3.05) is 5.32 Å². The first kappa shape index (κ1) is 16.0. The van der Waals surface area contributed by atoms with E-state index in [1.807, 2.05) is 30.3 Å². The van der Waals surface area contributed by atoms with Crippen LogP contribution in [0, 0.1) is 17.2 Å². The molecule has 0 bridgehead atoms. The van der Waals surface area contributed by atoms with Crippen LogP contribution in [0.15, 0.2) is 36.5 Å². The van der Waals surface area contributed by atoms with Crippen LogP contribution in [0.3, 0.4) is 0 Å². The summed E-state index contributed by atoms with van der Waals surface area (Å²) < 4.78 is 15.1. The number of nitrogens with zero attached hydrogens (tertiary/aromatic N) is 3. The minimum absolute atomic E-state index is 0.189. The third kappa shape index (κ3) is 3.23. The number of benzene rings is 1. The van der Waals surface area contributed by atoms with Gasteiger partial charge in [-0.2, -0.15) is 10.4 Å². The Bertz CT molecular complexity index is 767. The Labute approximate surface area is 139 Å². The average Bonchev–Trinajstić information content (AvgIpc) is 2.99. The van der Waals surface area contributed by atoms with Gasteiger partial charge in [0.05, 0.1) is 18.0 Å². The van der Waals surface area contributed by atoms with E-state index in [1.54, 1.807) is 10.9 Å². The van der Waals surface area contributed by atoms with E-state index >= 15 is 0 Å². The molecule has 1 fully saturated rings. The standard InChI is InChI=1S/C17H18FN5O/c18-12-6-7-15(11(8-12)9-19)23-10-14(16(20)24)17(22-23)21-13-4-2-1-3-5-13/h1-5,10-12,15H,6-8H2,(H2,20,24)(H,21,22). The van der Waals surface area contributed by atoms with Crippen LogP contribution in [0.1, 0.15) is 35.7 Å². The Balaban J connectivity index is 1.91. The quantitative estimate of drug-likeness (QED) is 0.902. The lowest BCUT2D eigenvalue weighted by molar-refractivity contribution is 0.100. The van der Waals surface area contributed by atoms with Crippen LogP contribution in [-0.4, -0.2) is 21.9 Å². The van der Waals surface area contributed by atoms with E-state index in [-0.39, 0.29) is 18.0 Å². The summed E-state index contributed by atoms with van der Waals surface area (Å²) in [7, 11) is 0. The summed E-state index contributed by atoms with van der Waals surface area (Å²) in [5, 5.41) is 16.8. The number of para-hydroxylation sites is 1. The van der Waals surface area contributed by atoms with Crippen molar-refractivity contribution >= 4 is 17.4 Å². The van der Waals surface area contributed by atoms with Crippen LogP contribution in [0.4, 0.5) is 15.9 Å². The first-order valence-electron chi connectivity index (χ1n) is 7.83. The van der Waals surface area contributed by atoms with E-state index in [0.717, 1.165) is 5.69 Å². The van der Waals surface area contributed by atoms with Crippen molar-refractivity contribution in [2.45, 2.75) is 31.5 Å². The number of nitrogens with one attached hydrogen (secondary N) is 1. The number of hydrogen-bond acceptors (Lipinski definition) is 4. The highest BCUT2D eigenvalue weighted by molar-refractivity contribution is 5.98. The summed E-state index contributed by atoms with van der Waals surface area (Å²) in [5.74, 6) is -0.737. The number of carbonyl (C=O) groups excluding carboxylic acids is 1. The molecule has 3 unspecified atom stereocenters. The van der Waals surface area contributed by atoms with E-state index in [9.17, 15) is 14.4 Å². The van der Waals surface area contributed by atoms with Gasteiger partial charge in [-0.15, -0.1) is 0 Å². The lowest BCUT2D eigenvalue weighted by Crippen LogP contribution is -2.27. The summed E-state index contributed by atoms with van der Waals surface area (Å²) in [6.07, 6.45) is 1.66. The van der Waals surface area contributed by atoms with E-state index in [2.05, 4.69) is 16.5 Å². The van der Waals surface area contributed by atoms with Gasteiger partial charge < -0.3 is 11.1 Å². The number of hydrogen-bond donors (Lipinski definition) is 2. The van der Waals surface area contributed by atoms with Gasteiger partial charge in [-0.3, -0.25) is 9.48 Å². The number of alkyl halides is 1. The van der Waals surface area contributed by atoms with E-state index in [4.69, 9.17) is 5.73 Å². The molecule has 0 saturated heterocycles. The molecule has 1 heterocycles. The molecule has 124 valence electrons. The maximum absolute atomic E-state index is 13.5. The Morgan fingerprint density at radius 2 is 2.12 bits per heavy atom. The number of rotatable bonds is 4. The van der Waals surface area contributed by atoms with Crippen molar-refractivity contribution in [2.24, 2.45) is 11.7 Å². The molecule has 1 saturated carbocycles. The number of aromatic nitrogens is 2. The van der Waals surface area contributed by atoms with Crippen molar-refractivity contribution in [3.63, 3.8) is 0 Å². The smallest absolute Gasteiger partial charge is 0.254 e. The van der Waals surface area contributed by atoms with Crippen LogP contribution < -0.4 is 11.1 Å². The minimum Gasteiger partial charge on any atom is -0.365 e. The van der Waals surface area contributed by atoms with E-state index in [0.29, 0.717) is 18.7 Å². The second-order valence-electron chi connectivity index (χ2n) is 5.94. The Kier molecular flexibility index (Phi) is 4.47. The molecule has 0 aliphatic heterocycles. The van der Waals surface area contributed by atoms with Crippen molar-refractivity contribution in [1.82, 2.24) is 9.78 Å². The average molecular weight is 327 g/mol. The number of primary amides is 1. The molecule has 0 spiro atoms. The van der Waals surface area contributed by atoms with Gasteiger partial charge in [-0.05, 0) is 31.4 Å². The van der Waals surface area contributed by atoms with Crippen LogP contribution in [0.5, 0.6) is 0 Å². The zero-order valence-corrected chi connectivity index (χ0v) is 13.0. The molecule has 2 aromatic rings. The predicted molar refractivity (Wildman–Crippen MR) is 87.4 cm³/mol. The molecule has 3 rings (SSSR count). The fraction of sp³-hybridized carbons (Fsp3) is 0.353. The molecular weight excluding hydrogens is 309 g/mol. The van der Waals surface area contributed by atoms with Gasteiger partial charge in [0.25, 0.3) is 5.91 Å². The summed E-state index contributed by atoms with van der Waals surface area (Å²) in [5.41, 5.74) is 6.46. The zero-order chi connectivity index (χ0) is 17.1. The molecule has 6 nitrogen and oxygen atoms in total. The molecule has 1 amide bonds. The maximum Gasteiger partial charge on any atom is 0.254 e. The molecule has 1 aromatic heterocycles. The van der Waals surface area contributed by atoms with Crippen molar-refractivity contribution in [3.05, 3.63) is 42.1 Å². The van der Waals surface area contributed by atoms with Gasteiger partial charge in [-0.25, -0.2) is 4.39 Å². The minimum atomic E-state index is -0.959. The molecule has 1 aliphatic rings. The molecule has 1 aliphatic carbocycles. The summed E-state index contributed by atoms with van der Waals surface area (Å²) >= 11 is 0. The molecule has 24 heavy (non-hydrogen) atoms. The molecule has 7 heteroatoms. The second-order valence-corrected chi connectivity index (χ2v) is 5.94. The van der Waals surface area contributed by atoms with Gasteiger partial charge >= 0.3 is 0 Å². The number of amides is 1. The molecule has 1 aromatic carbocycles. The third-order valence-electron chi connectivity index (χ3n) is 4.29. The Morgan fingerprint density at radius 3 is 2.79 bits per heavy atom. The maximum atomic E-state index is 13.5. The first-order chi connectivity index (χ1) is 11.6. The number of nitriles is 1. The van der Waals surface area contributed by atoms with Crippen LogP contribution in [0.25, 0.3) is 0 Å². The third-order valence-corrected chi connectivity index (χ3v) is 4.29. The van der Waals surface area contributed by atoms with Gasteiger partial charge in [-0.1, -0.05) is 18.2 Å². The highest BCUT2D eigenvalue weighted by Crippen LogP contribution is 2.35. The monoisotopic (exact) mass is 327 g/mol. The lowest BCUT2D eigenvalue weighted by atomic mass is 9.84. The van der Waals surface area contributed by atoms with Crippen molar-refractivity contribution < 1.29 is 9.18 Å². The highest BCUT2D eigenvalue weighted by Gasteiger charge is 2.33. The Morgan fingerprint density at radius 1 is 1.38 bits per heavy atom. The summed E-state index contributed by atoms with van der Waals surface area (Å²) in [6, 6.07) is 11.2. The van der Waals surface area contributed by atoms with Gasteiger partial charge in [0.2, 0.25) is 0 Å². The predicted octanol–water partition coefficient (Wildman–Crippen LogP) is 2.93. The van der Waals surface area contributed by atoms with E-state index in [1.165, 1.54) is 0 Å². The van der Waals surface area contributed by atoms with Crippen LogP contribution >= 0.6 is 0 Å². The summed E-state index contributed by atoms with van der Waals surface area (Å²) in [4.78, 5) is 11.7. The number of halogens is 1. The number of carbonyl (C=O) groups is 1. The summed E-state index contributed by atoms with van der Waals surface area (Å²) in [6.45, 7) is 0. The molecule has 0 radical (unpaired) electrons. The first-order valence-corrected chi connectivity index (χ1v) is 7.83. The number of nitrogens with two attached hydrogens (primary N) is 1. The fourth-order valence-corrected chi connectivity index (χ4v) is 3.05. The van der Waals surface area contributed by atoms with Gasteiger partial charge in [0.1, 0.15) is 11.7 Å². The number of anilines is 2. The zero-order valence-electron chi connectivity index (χ0n) is 13.0. The largest absolute Gasteiger partial charge is 0.365 e. The normalized spacial score (nSPS) is 23.4. The lowest BCUT2D eigenvalue weighted by Gasteiger charge is -2.29. The second kappa shape index (κ2) is 6.71. The van der Waals surface area contributed by atoms with Crippen molar-refractivity contribution in [3.8, 4) is 6.07 Å².